The SMILES string of the molecule is Cc1c(Cl)c(Cl)c(C)c(Cl)c1Cl.Cc1c(F)c(F)c(C)c(F)c1F.Cc1ccc(C(C)(C)c2ccc(C)cc2)cc1.Cc1ccc(C(C)(C)c2cccc(C)c2)cc1.Cc1ccc(C(c2ccc(C)cc2)(C(F)(F)F)C(F)(F)F)cc1.Cc1ccc(C)cc1.Cc1cccc(C)c1.Cc1ccccc1C. The molecule has 0 radical (unpaired) electrons. The zero-order valence-corrected chi connectivity index (χ0v) is 66.6. The van der Waals surface area contributed by atoms with E-state index < -0.39 is 63.3 Å². The third-order valence-electron chi connectivity index (χ3n) is 18.1. The maximum atomic E-state index is 13.7. The normalized spacial score (nSPS) is 11.1. The van der Waals surface area contributed by atoms with Gasteiger partial charge in [0.2, 0.25) is 5.41 Å². The number of halogens is 14. The third kappa shape index (κ3) is 24.7. The van der Waals surface area contributed by atoms with Crippen LogP contribution in [0, 0.1) is 134 Å². The summed E-state index contributed by atoms with van der Waals surface area (Å²) in [5.41, 5.74) is 14.6. The topological polar surface area (TPSA) is 0 Å². The molecule has 11 aromatic rings. The van der Waals surface area contributed by atoms with E-state index in [-0.39, 0.29) is 10.8 Å². The summed E-state index contributed by atoms with van der Waals surface area (Å²) >= 11 is 23.5. The maximum Gasteiger partial charge on any atom is 0.411 e. The summed E-state index contributed by atoms with van der Waals surface area (Å²) in [4.78, 5) is 0. The predicted octanol–water partition coefficient (Wildman–Crippen LogP) is 29.7. The number of alkyl halides is 6. The molecule has 0 aliphatic rings. The summed E-state index contributed by atoms with van der Waals surface area (Å²) in [5, 5.41) is 1.90. The predicted molar refractivity (Wildman–Crippen MR) is 424 cm³/mol. The molecule has 0 saturated heterocycles. The second-order valence-electron chi connectivity index (χ2n) is 27.6. The van der Waals surface area contributed by atoms with Crippen LogP contribution in [-0.2, 0) is 16.2 Å². The molecule has 0 fully saturated rings. The van der Waals surface area contributed by atoms with Crippen LogP contribution in [0.4, 0.5) is 43.9 Å². The first-order valence-electron chi connectivity index (χ1n) is 34.0. The molecule has 105 heavy (non-hydrogen) atoms. The van der Waals surface area contributed by atoms with Gasteiger partial charge in [0.25, 0.3) is 0 Å². The molecule has 558 valence electrons. The number of benzene rings is 11. The molecule has 11 aromatic carbocycles. The summed E-state index contributed by atoms with van der Waals surface area (Å²) < 4.78 is 133. The standard InChI is InChI=1S/C17H14F6.2C17H20.C8H6Cl4.C8H6F4.3C8H10/c1-11-3-7-13(8-4-11)15(16(18,19)20,17(21,22)23)14-9-5-12(2)6-10-14;1-13-5-9-15(10-6-13)17(3,4)16-11-7-14(2)8-12-16;1-13-8-10-15(11-9-13)17(3,4)16-7-5-6-14(2)12-16;2*1-3-5(9)7(11)4(2)8(12)6(3)10;1-7-3-5-8(2)6-4-7;1-7-4-3-5-8(2)6-7;1-7-5-3-4-6-8(7)2/h3-10H,1-2H3;2*5-12H,1-4H3;2*1-2H3;3*3-6H,1-2H3. The Labute approximate surface area is 637 Å². The fourth-order valence-electron chi connectivity index (χ4n) is 10.7. The van der Waals surface area contributed by atoms with E-state index in [2.05, 4.69) is 267 Å². The lowest BCUT2D eigenvalue weighted by molar-refractivity contribution is -0.288. The first kappa shape index (κ1) is 89.3. The highest BCUT2D eigenvalue weighted by atomic mass is 35.5. The summed E-state index contributed by atoms with van der Waals surface area (Å²) in [6, 6.07) is 69.1. The monoisotopic (exact) mass is 1520 g/mol. The second-order valence-corrected chi connectivity index (χ2v) is 29.1. The van der Waals surface area contributed by atoms with E-state index in [1.54, 1.807) is 27.7 Å². The molecule has 0 amide bonds. The van der Waals surface area contributed by atoms with E-state index in [0.29, 0.717) is 31.2 Å². The minimum absolute atomic E-state index is 0.0692. The van der Waals surface area contributed by atoms with Crippen molar-refractivity contribution in [3.63, 3.8) is 0 Å². The molecule has 0 unspecified atom stereocenters. The van der Waals surface area contributed by atoms with Gasteiger partial charge in [-0.3, -0.25) is 0 Å². The van der Waals surface area contributed by atoms with Gasteiger partial charge < -0.3 is 0 Å². The van der Waals surface area contributed by atoms with Crippen LogP contribution < -0.4 is 0 Å². The van der Waals surface area contributed by atoms with Crippen LogP contribution in [0.2, 0.25) is 20.1 Å². The molecule has 0 atom stereocenters. The molecule has 0 nitrogen and oxygen atoms in total. The van der Waals surface area contributed by atoms with Crippen molar-refractivity contribution in [3.8, 4) is 0 Å². The number of rotatable bonds is 6. The second kappa shape index (κ2) is 39.5. The molecular formula is C91H96Cl4F10. The largest absolute Gasteiger partial charge is 0.411 e. The van der Waals surface area contributed by atoms with Gasteiger partial charge in [0, 0.05) is 22.0 Å². The number of hydrogen-bond donors (Lipinski definition) is 0. The van der Waals surface area contributed by atoms with Gasteiger partial charge >= 0.3 is 12.4 Å². The first-order valence-corrected chi connectivity index (χ1v) is 35.6. The van der Waals surface area contributed by atoms with Gasteiger partial charge in [0.1, 0.15) is 0 Å². The first-order chi connectivity index (χ1) is 48.8. The minimum Gasteiger partial charge on any atom is -0.203 e. The Morgan fingerprint density at radius 3 is 0.638 bits per heavy atom. The quantitative estimate of drug-likeness (QED) is 0.115. The van der Waals surface area contributed by atoms with E-state index in [4.69, 9.17) is 46.4 Å². The van der Waals surface area contributed by atoms with Crippen molar-refractivity contribution in [1.82, 2.24) is 0 Å². The van der Waals surface area contributed by atoms with Crippen molar-refractivity contribution in [2.24, 2.45) is 0 Å². The molecule has 0 aromatic heterocycles. The average Bonchev–Trinajstić information content (AvgIpc) is 0.717. The number of aryl methyl sites for hydroxylation is 12. The Hall–Kier alpha value is -8.12. The smallest absolute Gasteiger partial charge is 0.203 e. The number of hydrogen-bond acceptors (Lipinski definition) is 0. The van der Waals surface area contributed by atoms with Crippen molar-refractivity contribution < 1.29 is 43.9 Å². The molecule has 0 heterocycles. The lowest BCUT2D eigenvalue weighted by Gasteiger charge is -2.38. The zero-order valence-electron chi connectivity index (χ0n) is 63.6. The van der Waals surface area contributed by atoms with E-state index in [1.165, 1.54) is 102 Å². The zero-order chi connectivity index (χ0) is 79.3. The van der Waals surface area contributed by atoms with Gasteiger partial charge in [-0.05, 0) is 166 Å². The highest BCUT2D eigenvalue weighted by molar-refractivity contribution is 6.48. The lowest BCUT2D eigenvalue weighted by atomic mass is 9.72. The Morgan fingerprint density at radius 1 is 0.219 bits per heavy atom. The van der Waals surface area contributed by atoms with Gasteiger partial charge in [-0.2, -0.15) is 26.3 Å². The summed E-state index contributed by atoms with van der Waals surface area (Å²) in [7, 11) is 0. The van der Waals surface area contributed by atoms with Crippen LogP contribution in [0.25, 0.3) is 0 Å². The Bertz CT molecular complexity index is 4110. The fourth-order valence-corrected chi connectivity index (χ4v) is 11.7. The van der Waals surface area contributed by atoms with E-state index >= 15 is 0 Å². The Balaban J connectivity index is 0.000000261. The van der Waals surface area contributed by atoms with Gasteiger partial charge in [-0.15, -0.1) is 0 Å². The van der Waals surface area contributed by atoms with Gasteiger partial charge in [0.05, 0.1) is 20.1 Å². The molecule has 0 spiro atoms. The van der Waals surface area contributed by atoms with Crippen LogP contribution in [0.5, 0.6) is 0 Å². The van der Waals surface area contributed by atoms with E-state index in [0.717, 1.165) is 49.2 Å². The van der Waals surface area contributed by atoms with Crippen molar-refractivity contribution in [3.05, 3.63) is 384 Å². The molecule has 0 aliphatic carbocycles. The van der Waals surface area contributed by atoms with Crippen LogP contribution in [0.1, 0.15) is 150 Å². The Morgan fingerprint density at radius 2 is 0.429 bits per heavy atom. The summed E-state index contributed by atoms with van der Waals surface area (Å²) in [6.07, 6.45) is -11.1. The lowest BCUT2D eigenvalue weighted by Crippen LogP contribution is -2.54. The molecule has 0 aliphatic heterocycles. The molecule has 11 rings (SSSR count). The average molecular weight is 1520 g/mol. The highest BCUT2D eigenvalue weighted by Crippen LogP contribution is 2.56. The van der Waals surface area contributed by atoms with Crippen LogP contribution in [0.3, 0.4) is 0 Å². The Kier molecular flexibility index (Phi) is 33.6. The summed E-state index contributed by atoms with van der Waals surface area (Å²) in [5.74, 6) is -5.31. The van der Waals surface area contributed by atoms with E-state index in [9.17, 15) is 43.9 Å². The maximum absolute atomic E-state index is 13.7. The highest BCUT2D eigenvalue weighted by Gasteiger charge is 2.72. The van der Waals surface area contributed by atoms with Crippen molar-refractivity contribution in [2.75, 3.05) is 0 Å². The molecule has 14 heteroatoms. The molecule has 0 N–H and O–H groups in total. The van der Waals surface area contributed by atoms with E-state index in [1.807, 2.05) is 0 Å². The molecule has 0 saturated carbocycles. The van der Waals surface area contributed by atoms with Crippen molar-refractivity contribution >= 4 is 46.4 Å². The molecule has 0 bridgehead atoms. The van der Waals surface area contributed by atoms with Gasteiger partial charge in [0.15, 0.2) is 23.3 Å². The minimum atomic E-state index is -5.53. The van der Waals surface area contributed by atoms with Crippen LogP contribution in [-0.4, -0.2) is 12.4 Å². The van der Waals surface area contributed by atoms with Crippen molar-refractivity contribution in [2.45, 2.75) is 167 Å². The third-order valence-corrected chi connectivity index (χ3v) is 20.2. The summed E-state index contributed by atoms with van der Waals surface area (Å²) in [6.45, 7) is 39.0. The fraction of sp³-hybridized carbons (Fsp3) is 0.275. The van der Waals surface area contributed by atoms with Gasteiger partial charge in [-0.1, -0.05) is 348 Å². The molecular weight excluding hydrogens is 1420 g/mol. The van der Waals surface area contributed by atoms with Crippen LogP contribution >= 0.6 is 46.4 Å². The van der Waals surface area contributed by atoms with Gasteiger partial charge in [-0.25, -0.2) is 17.6 Å². The van der Waals surface area contributed by atoms with Crippen molar-refractivity contribution in [1.29, 1.82) is 0 Å². The van der Waals surface area contributed by atoms with Crippen LogP contribution in [0.15, 0.2) is 218 Å².